The van der Waals surface area contributed by atoms with Crippen molar-refractivity contribution in [1.29, 1.82) is 0 Å². The van der Waals surface area contributed by atoms with Crippen molar-refractivity contribution in [2.75, 3.05) is 54.9 Å². The van der Waals surface area contributed by atoms with Gasteiger partial charge in [0.2, 0.25) is 5.91 Å². The van der Waals surface area contributed by atoms with Crippen molar-refractivity contribution in [3.8, 4) is 0 Å². The highest BCUT2D eigenvalue weighted by molar-refractivity contribution is 5.98. The molecule has 35 heavy (non-hydrogen) atoms. The number of carbonyl (C=O) groups is 2. The molecule has 2 atom stereocenters. The van der Waals surface area contributed by atoms with Gasteiger partial charge in [-0.3, -0.25) is 9.59 Å². The number of nitrogens with two attached hydrogens (primary N) is 2. The summed E-state index contributed by atoms with van der Waals surface area (Å²) in [6, 6.07) is 1.37. The lowest BCUT2D eigenvalue weighted by Crippen LogP contribution is -2.55. The van der Waals surface area contributed by atoms with Gasteiger partial charge in [-0.25, -0.2) is 18.7 Å². The second-order valence-electron chi connectivity index (χ2n) is 8.50. The Morgan fingerprint density at radius 3 is 2.51 bits per heavy atom. The molecule has 2 aliphatic rings. The van der Waals surface area contributed by atoms with E-state index >= 15 is 0 Å². The van der Waals surface area contributed by atoms with Crippen LogP contribution in [0.1, 0.15) is 23.7 Å². The molecule has 4 heterocycles. The maximum absolute atomic E-state index is 14.8. The van der Waals surface area contributed by atoms with Crippen LogP contribution in [-0.2, 0) is 9.53 Å². The maximum Gasteiger partial charge on any atom is 0.252 e. The molecule has 0 aliphatic carbocycles. The van der Waals surface area contributed by atoms with Gasteiger partial charge in [-0.05, 0) is 12.5 Å². The number of morpholine rings is 1. The van der Waals surface area contributed by atoms with Crippen molar-refractivity contribution in [3.05, 3.63) is 35.5 Å². The number of carbonyl (C=O) groups excluding carboxylic acids is 2. The number of rotatable bonds is 6. The Bertz CT molecular complexity index is 1110. The number of hydrogen-bond donors (Lipinski definition) is 4. The van der Waals surface area contributed by atoms with E-state index in [4.69, 9.17) is 16.2 Å². The van der Waals surface area contributed by atoms with Gasteiger partial charge in [-0.2, -0.15) is 0 Å². The second kappa shape index (κ2) is 10.4. The van der Waals surface area contributed by atoms with Gasteiger partial charge in [0, 0.05) is 51.3 Å². The summed E-state index contributed by atoms with van der Waals surface area (Å²) in [5.74, 6) is -2.37. The fourth-order valence-electron chi connectivity index (χ4n) is 4.14. The summed E-state index contributed by atoms with van der Waals surface area (Å²) >= 11 is 0. The molecule has 6 N–H and O–H groups in total. The predicted octanol–water partition coefficient (Wildman–Crippen LogP) is 0.794. The van der Waals surface area contributed by atoms with Crippen molar-refractivity contribution in [2.45, 2.75) is 25.4 Å². The first-order valence-corrected chi connectivity index (χ1v) is 11.3. The Morgan fingerprint density at radius 2 is 1.89 bits per heavy atom. The molecule has 13 heteroatoms. The fourth-order valence-corrected chi connectivity index (χ4v) is 4.14. The first-order valence-electron chi connectivity index (χ1n) is 11.3. The Morgan fingerprint density at radius 1 is 1.14 bits per heavy atom. The molecule has 0 spiro atoms. The van der Waals surface area contributed by atoms with E-state index in [0.29, 0.717) is 45.8 Å². The van der Waals surface area contributed by atoms with Gasteiger partial charge in [-0.1, -0.05) is 0 Å². The largest absolute Gasteiger partial charge is 0.378 e. The molecule has 2 aliphatic heterocycles. The SMILES string of the molecule is CC(=O)N1CCC(Nc2nc(Nc3cnc(N4CCOCC4)c(F)c3)c(C(N)=O)cc2F)C(N)C1. The number of nitrogens with one attached hydrogen (secondary N) is 2. The monoisotopic (exact) mass is 490 g/mol. The zero-order valence-corrected chi connectivity index (χ0v) is 19.3. The van der Waals surface area contributed by atoms with E-state index in [-0.39, 0.29) is 40.7 Å². The number of hydrogen-bond acceptors (Lipinski definition) is 9. The molecule has 0 radical (unpaired) electrons. The number of ether oxygens (including phenoxy) is 1. The van der Waals surface area contributed by atoms with E-state index in [0.717, 1.165) is 6.07 Å². The zero-order chi connectivity index (χ0) is 25.1. The van der Waals surface area contributed by atoms with Crippen molar-refractivity contribution >= 4 is 35.0 Å². The summed E-state index contributed by atoms with van der Waals surface area (Å²) in [4.78, 5) is 35.3. The third-order valence-corrected chi connectivity index (χ3v) is 6.06. The van der Waals surface area contributed by atoms with Gasteiger partial charge in [-0.15, -0.1) is 0 Å². The van der Waals surface area contributed by atoms with Gasteiger partial charge < -0.3 is 36.6 Å². The van der Waals surface area contributed by atoms with Crippen molar-refractivity contribution in [3.63, 3.8) is 0 Å². The van der Waals surface area contributed by atoms with E-state index in [2.05, 4.69) is 20.6 Å². The van der Waals surface area contributed by atoms with Crippen LogP contribution in [0.2, 0.25) is 0 Å². The van der Waals surface area contributed by atoms with E-state index in [1.54, 1.807) is 9.80 Å². The molecular weight excluding hydrogens is 462 g/mol. The van der Waals surface area contributed by atoms with Crippen LogP contribution in [0.4, 0.5) is 31.9 Å². The molecule has 2 amide bonds. The Balaban J connectivity index is 1.55. The highest BCUT2D eigenvalue weighted by Gasteiger charge is 2.29. The number of aromatic nitrogens is 2. The minimum atomic E-state index is -0.907. The standard InChI is InChI=1S/C22H28F2N8O3/c1-12(33)32-3-2-18(17(25)11-32)29-21-15(23)9-14(19(26)34)20(30-21)28-13-8-16(24)22(27-10-13)31-4-6-35-7-5-31/h8-10,17-18H,2-7,11,25H2,1H3,(H2,26,34)(H2,28,29,30). The molecule has 0 bridgehead atoms. The van der Waals surface area contributed by atoms with Crippen LogP contribution in [0.5, 0.6) is 0 Å². The lowest BCUT2D eigenvalue weighted by atomic mass is 10.00. The summed E-state index contributed by atoms with van der Waals surface area (Å²) in [6.07, 6.45) is 1.88. The van der Waals surface area contributed by atoms with Crippen molar-refractivity contribution < 1.29 is 23.1 Å². The Labute approximate surface area is 200 Å². The minimum absolute atomic E-state index is 0.0588. The summed E-state index contributed by atoms with van der Waals surface area (Å²) < 4.78 is 34.8. The number of halogens is 2. The van der Waals surface area contributed by atoms with Crippen molar-refractivity contribution in [1.82, 2.24) is 14.9 Å². The van der Waals surface area contributed by atoms with Crippen LogP contribution in [0.15, 0.2) is 18.3 Å². The average molecular weight is 491 g/mol. The Hall–Kier alpha value is -3.58. The predicted molar refractivity (Wildman–Crippen MR) is 125 cm³/mol. The summed E-state index contributed by atoms with van der Waals surface area (Å²) in [5, 5.41) is 5.78. The molecule has 0 aromatic carbocycles. The van der Waals surface area contributed by atoms with Gasteiger partial charge in [0.1, 0.15) is 5.82 Å². The van der Waals surface area contributed by atoms with Crippen LogP contribution < -0.4 is 27.0 Å². The number of likely N-dealkylation sites (tertiary alicyclic amines) is 1. The number of primary amides is 1. The first-order chi connectivity index (χ1) is 16.7. The Kier molecular flexibility index (Phi) is 7.26. The first kappa shape index (κ1) is 24.5. The van der Waals surface area contributed by atoms with Gasteiger partial charge in [0.05, 0.1) is 30.7 Å². The molecule has 2 saturated heterocycles. The lowest BCUT2D eigenvalue weighted by molar-refractivity contribution is -0.130. The number of pyridine rings is 2. The molecule has 2 aromatic rings. The molecule has 2 unspecified atom stereocenters. The molecule has 0 saturated carbocycles. The maximum atomic E-state index is 14.8. The number of amides is 2. The smallest absolute Gasteiger partial charge is 0.252 e. The topological polar surface area (TPSA) is 152 Å². The van der Waals surface area contributed by atoms with Crippen LogP contribution in [0.3, 0.4) is 0 Å². The van der Waals surface area contributed by atoms with Crippen molar-refractivity contribution in [2.24, 2.45) is 11.5 Å². The molecule has 188 valence electrons. The van der Waals surface area contributed by atoms with Gasteiger partial charge in [0.15, 0.2) is 23.3 Å². The molecular formula is C22H28F2N8O3. The van der Waals surface area contributed by atoms with Crippen LogP contribution in [-0.4, -0.2) is 78.2 Å². The number of piperidine rings is 1. The fraction of sp³-hybridized carbons (Fsp3) is 0.455. The van der Waals surface area contributed by atoms with Gasteiger partial charge >= 0.3 is 0 Å². The van der Waals surface area contributed by atoms with E-state index in [1.165, 1.54) is 19.2 Å². The molecule has 4 rings (SSSR count). The van der Waals surface area contributed by atoms with E-state index < -0.39 is 23.6 Å². The highest BCUT2D eigenvalue weighted by Crippen LogP contribution is 2.27. The highest BCUT2D eigenvalue weighted by atomic mass is 19.1. The molecule has 2 aromatic heterocycles. The second-order valence-corrected chi connectivity index (χ2v) is 8.50. The van der Waals surface area contributed by atoms with Gasteiger partial charge in [0.25, 0.3) is 5.91 Å². The van der Waals surface area contributed by atoms with E-state index in [1.807, 2.05) is 0 Å². The molecule has 11 nitrogen and oxygen atoms in total. The molecule has 2 fully saturated rings. The number of anilines is 4. The summed E-state index contributed by atoms with van der Waals surface area (Å²) in [5.41, 5.74) is 11.6. The zero-order valence-electron chi connectivity index (χ0n) is 19.3. The van der Waals surface area contributed by atoms with E-state index in [9.17, 15) is 18.4 Å². The number of nitrogens with zero attached hydrogens (tertiary/aromatic N) is 4. The minimum Gasteiger partial charge on any atom is -0.378 e. The average Bonchev–Trinajstić information content (AvgIpc) is 2.82. The van der Waals surface area contributed by atoms with Crippen LogP contribution in [0.25, 0.3) is 0 Å². The van der Waals surface area contributed by atoms with Crippen LogP contribution >= 0.6 is 0 Å². The third-order valence-electron chi connectivity index (χ3n) is 6.06. The van der Waals surface area contributed by atoms with Crippen LogP contribution in [0, 0.1) is 11.6 Å². The normalized spacial score (nSPS) is 20.5. The lowest BCUT2D eigenvalue weighted by Gasteiger charge is -2.36. The quantitative estimate of drug-likeness (QED) is 0.461. The summed E-state index contributed by atoms with van der Waals surface area (Å²) in [7, 11) is 0. The summed E-state index contributed by atoms with van der Waals surface area (Å²) in [6.45, 7) is 4.25. The third kappa shape index (κ3) is 5.57.